The summed E-state index contributed by atoms with van der Waals surface area (Å²) in [5.41, 5.74) is 1.58. The Bertz CT molecular complexity index is 734. The van der Waals surface area contributed by atoms with Gasteiger partial charge in [0.25, 0.3) is 5.91 Å². The van der Waals surface area contributed by atoms with Crippen molar-refractivity contribution >= 4 is 17.2 Å². The molecule has 22 heavy (non-hydrogen) atoms. The van der Waals surface area contributed by atoms with Crippen LogP contribution in [0.15, 0.2) is 60.2 Å². The largest absolute Gasteiger partial charge is 0.338 e. The molecular formula is C17H17N3OS. The molecule has 5 heteroatoms. The number of hydrogen-bond acceptors (Lipinski definition) is 3. The van der Waals surface area contributed by atoms with Crippen LogP contribution in [0.3, 0.4) is 0 Å². The minimum atomic E-state index is 0.00668. The number of carbonyl (C=O) groups is 1. The zero-order valence-electron chi connectivity index (χ0n) is 12.3. The quantitative estimate of drug-likeness (QED) is 0.725. The summed E-state index contributed by atoms with van der Waals surface area (Å²) in [4.78, 5) is 19.8. The average Bonchev–Trinajstić information content (AvgIpc) is 3.20. The molecule has 0 unspecified atom stereocenters. The van der Waals surface area contributed by atoms with Crippen molar-refractivity contribution < 1.29 is 4.79 Å². The van der Waals surface area contributed by atoms with Gasteiger partial charge in [-0.3, -0.25) is 9.78 Å². The van der Waals surface area contributed by atoms with Gasteiger partial charge in [-0.2, -0.15) is 0 Å². The molecular weight excluding hydrogens is 294 g/mol. The lowest BCUT2D eigenvalue weighted by molar-refractivity contribution is 0.0773. The summed E-state index contributed by atoms with van der Waals surface area (Å²) in [7, 11) is 1.81. The molecule has 0 atom stereocenters. The molecule has 0 saturated carbocycles. The predicted molar refractivity (Wildman–Crippen MR) is 87.9 cm³/mol. The number of thiophene rings is 1. The van der Waals surface area contributed by atoms with Gasteiger partial charge >= 0.3 is 0 Å². The van der Waals surface area contributed by atoms with Gasteiger partial charge in [0.05, 0.1) is 18.8 Å². The third kappa shape index (κ3) is 3.26. The minimum Gasteiger partial charge on any atom is -0.338 e. The van der Waals surface area contributed by atoms with E-state index in [1.165, 1.54) is 4.88 Å². The van der Waals surface area contributed by atoms with E-state index in [9.17, 15) is 4.79 Å². The van der Waals surface area contributed by atoms with E-state index in [1.54, 1.807) is 29.5 Å². The van der Waals surface area contributed by atoms with Crippen LogP contribution in [0.2, 0.25) is 0 Å². The molecule has 3 heterocycles. The van der Waals surface area contributed by atoms with Gasteiger partial charge in [-0.05, 0) is 35.7 Å². The second kappa shape index (κ2) is 6.58. The molecule has 1 amide bonds. The van der Waals surface area contributed by atoms with E-state index in [4.69, 9.17) is 0 Å². The SMILES string of the molecule is CN(Cc1ccccn1)C(=O)c1cccn1Cc1cccs1. The molecule has 0 saturated heterocycles. The van der Waals surface area contributed by atoms with Crippen LogP contribution < -0.4 is 0 Å². The smallest absolute Gasteiger partial charge is 0.270 e. The highest BCUT2D eigenvalue weighted by molar-refractivity contribution is 7.09. The molecule has 3 aromatic rings. The summed E-state index contributed by atoms with van der Waals surface area (Å²) in [5.74, 6) is 0.00668. The van der Waals surface area contributed by atoms with Crippen molar-refractivity contribution in [1.29, 1.82) is 0 Å². The van der Waals surface area contributed by atoms with Gasteiger partial charge in [-0.1, -0.05) is 12.1 Å². The van der Waals surface area contributed by atoms with E-state index >= 15 is 0 Å². The molecule has 112 valence electrons. The molecule has 0 bridgehead atoms. The average molecular weight is 311 g/mol. The Morgan fingerprint density at radius 1 is 1.23 bits per heavy atom. The first-order chi connectivity index (χ1) is 10.7. The van der Waals surface area contributed by atoms with Crippen molar-refractivity contribution in [3.05, 3.63) is 76.5 Å². The first-order valence-electron chi connectivity index (χ1n) is 7.07. The fourth-order valence-corrected chi connectivity index (χ4v) is 3.02. The van der Waals surface area contributed by atoms with Crippen LogP contribution in [0.4, 0.5) is 0 Å². The van der Waals surface area contributed by atoms with Crippen LogP contribution in [0.25, 0.3) is 0 Å². The van der Waals surface area contributed by atoms with Crippen molar-refractivity contribution in [2.24, 2.45) is 0 Å². The Hall–Kier alpha value is -2.40. The Morgan fingerprint density at radius 2 is 2.14 bits per heavy atom. The van der Waals surface area contributed by atoms with Gasteiger partial charge in [0.2, 0.25) is 0 Å². The van der Waals surface area contributed by atoms with E-state index in [0.717, 1.165) is 12.2 Å². The van der Waals surface area contributed by atoms with Crippen molar-refractivity contribution in [2.45, 2.75) is 13.1 Å². The summed E-state index contributed by atoms with van der Waals surface area (Å²) in [6.07, 6.45) is 3.69. The lowest BCUT2D eigenvalue weighted by atomic mass is 10.3. The molecule has 0 spiro atoms. The zero-order valence-corrected chi connectivity index (χ0v) is 13.2. The van der Waals surface area contributed by atoms with E-state index in [-0.39, 0.29) is 5.91 Å². The molecule has 0 radical (unpaired) electrons. The van der Waals surface area contributed by atoms with E-state index in [1.807, 2.05) is 52.5 Å². The normalized spacial score (nSPS) is 10.6. The van der Waals surface area contributed by atoms with Gasteiger partial charge in [0.15, 0.2) is 0 Å². The Kier molecular flexibility index (Phi) is 4.34. The van der Waals surface area contributed by atoms with Crippen LogP contribution in [-0.4, -0.2) is 27.4 Å². The maximum Gasteiger partial charge on any atom is 0.270 e. The van der Waals surface area contributed by atoms with Crippen LogP contribution >= 0.6 is 11.3 Å². The van der Waals surface area contributed by atoms with Gasteiger partial charge in [-0.25, -0.2) is 0 Å². The highest BCUT2D eigenvalue weighted by Gasteiger charge is 2.16. The highest BCUT2D eigenvalue weighted by Crippen LogP contribution is 2.14. The number of pyridine rings is 1. The van der Waals surface area contributed by atoms with Crippen LogP contribution in [0, 0.1) is 0 Å². The monoisotopic (exact) mass is 311 g/mol. The maximum atomic E-state index is 12.6. The lowest BCUT2D eigenvalue weighted by Crippen LogP contribution is -2.28. The highest BCUT2D eigenvalue weighted by atomic mass is 32.1. The summed E-state index contributed by atoms with van der Waals surface area (Å²) in [6.45, 7) is 1.23. The zero-order chi connectivity index (χ0) is 15.4. The lowest BCUT2D eigenvalue weighted by Gasteiger charge is -2.18. The fraction of sp³-hybridized carbons (Fsp3) is 0.176. The van der Waals surface area contributed by atoms with Crippen molar-refractivity contribution in [3.8, 4) is 0 Å². The first kappa shape index (κ1) is 14.5. The van der Waals surface area contributed by atoms with Crippen molar-refractivity contribution in [1.82, 2.24) is 14.5 Å². The second-order valence-corrected chi connectivity index (χ2v) is 6.12. The summed E-state index contributed by atoms with van der Waals surface area (Å²) >= 11 is 1.70. The van der Waals surface area contributed by atoms with E-state index < -0.39 is 0 Å². The number of amides is 1. The summed E-state index contributed by atoms with van der Waals surface area (Å²) in [6, 6.07) is 13.6. The number of carbonyl (C=O) groups excluding carboxylic acids is 1. The molecule has 0 aliphatic rings. The molecule has 3 rings (SSSR count). The summed E-state index contributed by atoms with van der Waals surface area (Å²) < 4.78 is 1.99. The number of nitrogens with zero attached hydrogens (tertiary/aromatic N) is 3. The molecule has 0 aromatic carbocycles. The molecule has 0 N–H and O–H groups in total. The van der Waals surface area contributed by atoms with E-state index in [0.29, 0.717) is 12.2 Å². The Morgan fingerprint density at radius 3 is 2.86 bits per heavy atom. The minimum absolute atomic E-state index is 0.00668. The van der Waals surface area contributed by atoms with Crippen LogP contribution in [0.5, 0.6) is 0 Å². The molecule has 0 aliphatic carbocycles. The van der Waals surface area contributed by atoms with E-state index in [2.05, 4.69) is 11.1 Å². The van der Waals surface area contributed by atoms with Gasteiger partial charge in [0.1, 0.15) is 5.69 Å². The second-order valence-electron chi connectivity index (χ2n) is 5.08. The Labute approximate surface area is 133 Å². The number of hydrogen-bond donors (Lipinski definition) is 0. The van der Waals surface area contributed by atoms with Crippen molar-refractivity contribution in [3.63, 3.8) is 0 Å². The number of aromatic nitrogens is 2. The third-order valence-electron chi connectivity index (χ3n) is 3.43. The molecule has 0 fully saturated rings. The fourth-order valence-electron chi connectivity index (χ4n) is 2.32. The topological polar surface area (TPSA) is 38.1 Å². The predicted octanol–water partition coefficient (Wildman–Crippen LogP) is 3.27. The van der Waals surface area contributed by atoms with Crippen LogP contribution in [-0.2, 0) is 13.1 Å². The van der Waals surface area contributed by atoms with Gasteiger partial charge < -0.3 is 9.47 Å². The summed E-state index contributed by atoms with van der Waals surface area (Å²) in [5, 5.41) is 2.05. The van der Waals surface area contributed by atoms with Gasteiger partial charge in [0, 0.05) is 24.3 Å². The number of rotatable bonds is 5. The standard InChI is InChI=1S/C17H17N3OS/c1-19(12-14-6-2-3-9-18-14)17(21)16-8-4-10-20(16)13-15-7-5-11-22-15/h2-11H,12-13H2,1H3. The molecule has 3 aromatic heterocycles. The Balaban J connectivity index is 1.73. The molecule has 0 aliphatic heterocycles. The van der Waals surface area contributed by atoms with Crippen molar-refractivity contribution in [2.75, 3.05) is 7.05 Å². The molecule has 4 nitrogen and oxygen atoms in total. The third-order valence-corrected chi connectivity index (χ3v) is 4.29. The van der Waals surface area contributed by atoms with Gasteiger partial charge in [-0.15, -0.1) is 11.3 Å². The first-order valence-corrected chi connectivity index (χ1v) is 7.95. The maximum absolute atomic E-state index is 12.6. The van der Waals surface area contributed by atoms with Crippen LogP contribution in [0.1, 0.15) is 21.1 Å².